The minimum absolute atomic E-state index is 0.0105. The number of aromatic amines is 1. The average molecular weight is 583 g/mol. The quantitative estimate of drug-likeness (QED) is 0.476. The van der Waals surface area contributed by atoms with Crippen LogP contribution in [0.3, 0.4) is 0 Å². The van der Waals surface area contributed by atoms with Gasteiger partial charge in [-0.3, -0.25) is 4.90 Å². The lowest BCUT2D eigenvalue weighted by atomic mass is 9.87. The van der Waals surface area contributed by atoms with E-state index in [2.05, 4.69) is 22.1 Å². The van der Waals surface area contributed by atoms with Gasteiger partial charge in [-0.05, 0) is 56.0 Å². The van der Waals surface area contributed by atoms with E-state index < -0.39 is 11.6 Å². The van der Waals surface area contributed by atoms with Crippen molar-refractivity contribution in [2.75, 3.05) is 52.6 Å². The van der Waals surface area contributed by atoms with Gasteiger partial charge in [-0.2, -0.15) is 0 Å². The van der Waals surface area contributed by atoms with Crippen LogP contribution >= 0.6 is 11.6 Å². The molecule has 41 heavy (non-hydrogen) atoms. The van der Waals surface area contributed by atoms with Gasteiger partial charge >= 0.3 is 12.1 Å². The molecule has 3 aliphatic heterocycles. The van der Waals surface area contributed by atoms with Crippen LogP contribution in [-0.4, -0.2) is 100.0 Å². The number of carbonyl (C=O) groups is 2. The zero-order valence-electron chi connectivity index (χ0n) is 23.6. The van der Waals surface area contributed by atoms with E-state index in [9.17, 15) is 9.59 Å². The largest absolute Gasteiger partial charge is 0.444 e. The number of H-pyrrole nitrogens is 1. The smallest absolute Gasteiger partial charge is 0.410 e. The van der Waals surface area contributed by atoms with E-state index >= 15 is 0 Å². The SMILES string of the molecule is CC(C)(C)OC(=O)N1CCOC[C@H]1c1cc(-c2cnc3[nH]cc(Cl)c3n2)cc2c1CN(C(=O)N1CCOCC1)CC2. The summed E-state index contributed by atoms with van der Waals surface area (Å²) in [5.41, 5.74) is 5.18. The lowest BCUT2D eigenvalue weighted by molar-refractivity contribution is -0.0334. The molecule has 12 heteroatoms. The van der Waals surface area contributed by atoms with Crippen LogP contribution in [0.4, 0.5) is 9.59 Å². The number of ether oxygens (including phenoxy) is 3. The number of aromatic nitrogens is 3. The molecule has 6 rings (SSSR count). The van der Waals surface area contributed by atoms with Crippen molar-refractivity contribution in [1.29, 1.82) is 0 Å². The fourth-order valence-corrected chi connectivity index (χ4v) is 5.85. The first kappa shape index (κ1) is 27.7. The Morgan fingerprint density at radius 1 is 1.07 bits per heavy atom. The van der Waals surface area contributed by atoms with E-state index in [0.29, 0.717) is 87.5 Å². The zero-order chi connectivity index (χ0) is 28.7. The van der Waals surface area contributed by atoms with Crippen molar-refractivity contribution in [1.82, 2.24) is 29.7 Å². The first-order chi connectivity index (χ1) is 19.7. The summed E-state index contributed by atoms with van der Waals surface area (Å²) >= 11 is 6.36. The van der Waals surface area contributed by atoms with Crippen LogP contribution in [0, 0.1) is 0 Å². The highest BCUT2D eigenvalue weighted by Gasteiger charge is 2.36. The fourth-order valence-electron chi connectivity index (χ4n) is 5.66. The van der Waals surface area contributed by atoms with Crippen molar-refractivity contribution in [3.63, 3.8) is 0 Å². The molecular weight excluding hydrogens is 548 g/mol. The maximum Gasteiger partial charge on any atom is 0.410 e. The van der Waals surface area contributed by atoms with Gasteiger partial charge in [0.15, 0.2) is 5.65 Å². The molecule has 1 atom stereocenters. The molecule has 3 amide bonds. The van der Waals surface area contributed by atoms with Crippen LogP contribution in [0.25, 0.3) is 22.4 Å². The van der Waals surface area contributed by atoms with Crippen molar-refractivity contribution < 1.29 is 23.8 Å². The molecular formula is C29H35ClN6O5. The van der Waals surface area contributed by atoms with Crippen LogP contribution < -0.4 is 0 Å². The number of morpholine rings is 2. The molecule has 0 radical (unpaired) electrons. The van der Waals surface area contributed by atoms with Gasteiger partial charge in [-0.25, -0.2) is 19.6 Å². The fraction of sp³-hybridized carbons (Fsp3) is 0.517. The van der Waals surface area contributed by atoms with Gasteiger partial charge in [-0.1, -0.05) is 11.6 Å². The first-order valence-corrected chi connectivity index (χ1v) is 14.4. The van der Waals surface area contributed by atoms with Crippen molar-refractivity contribution in [3.8, 4) is 11.3 Å². The van der Waals surface area contributed by atoms with Gasteiger partial charge in [0.05, 0.1) is 49.4 Å². The Morgan fingerprint density at radius 3 is 2.63 bits per heavy atom. The van der Waals surface area contributed by atoms with Gasteiger partial charge in [0, 0.05) is 44.5 Å². The number of urea groups is 1. The molecule has 2 aromatic heterocycles. The molecule has 0 bridgehead atoms. The summed E-state index contributed by atoms with van der Waals surface area (Å²) in [6, 6.07) is 3.79. The van der Waals surface area contributed by atoms with E-state index in [-0.39, 0.29) is 12.1 Å². The monoisotopic (exact) mass is 582 g/mol. The number of halogens is 1. The highest BCUT2D eigenvalue weighted by molar-refractivity contribution is 6.34. The third kappa shape index (κ3) is 5.71. The number of hydrogen-bond acceptors (Lipinski definition) is 7. The van der Waals surface area contributed by atoms with Crippen molar-refractivity contribution in [2.24, 2.45) is 0 Å². The molecule has 2 saturated heterocycles. The minimum atomic E-state index is -0.635. The van der Waals surface area contributed by atoms with Crippen molar-refractivity contribution in [3.05, 3.63) is 46.2 Å². The topological polar surface area (TPSA) is 113 Å². The Kier molecular flexibility index (Phi) is 7.52. The maximum absolute atomic E-state index is 13.5. The van der Waals surface area contributed by atoms with Gasteiger partial charge in [0.2, 0.25) is 0 Å². The molecule has 3 aromatic rings. The van der Waals surface area contributed by atoms with Crippen LogP contribution in [-0.2, 0) is 27.2 Å². The Balaban J connectivity index is 1.41. The minimum Gasteiger partial charge on any atom is -0.444 e. The summed E-state index contributed by atoms with van der Waals surface area (Å²) in [4.78, 5) is 44.7. The van der Waals surface area contributed by atoms with Crippen molar-refractivity contribution >= 4 is 34.9 Å². The van der Waals surface area contributed by atoms with E-state index in [0.717, 1.165) is 22.3 Å². The Hall–Kier alpha value is -3.41. The molecule has 2 fully saturated rings. The molecule has 0 saturated carbocycles. The molecule has 218 valence electrons. The lowest BCUT2D eigenvalue weighted by Gasteiger charge is -2.40. The number of nitrogens with zero attached hydrogens (tertiary/aromatic N) is 5. The summed E-state index contributed by atoms with van der Waals surface area (Å²) in [7, 11) is 0. The number of rotatable bonds is 2. The molecule has 0 unspecified atom stereocenters. The molecule has 1 N–H and O–H groups in total. The summed E-state index contributed by atoms with van der Waals surface area (Å²) in [5, 5.41) is 0.501. The predicted molar refractivity (Wildman–Crippen MR) is 153 cm³/mol. The van der Waals surface area contributed by atoms with E-state index in [1.165, 1.54) is 0 Å². The summed E-state index contributed by atoms with van der Waals surface area (Å²) in [6.07, 6.45) is 3.68. The van der Waals surface area contributed by atoms with E-state index in [1.54, 1.807) is 17.3 Å². The van der Waals surface area contributed by atoms with Crippen molar-refractivity contribution in [2.45, 2.75) is 45.4 Å². The molecule has 0 spiro atoms. The summed E-state index contributed by atoms with van der Waals surface area (Å²) in [5.74, 6) is 0. The summed E-state index contributed by atoms with van der Waals surface area (Å²) < 4.78 is 17.1. The molecule has 5 heterocycles. The first-order valence-electron chi connectivity index (χ1n) is 14.0. The Labute approximate surface area is 243 Å². The number of fused-ring (bicyclic) bond motifs is 2. The predicted octanol–water partition coefficient (Wildman–Crippen LogP) is 4.40. The maximum atomic E-state index is 13.5. The van der Waals surface area contributed by atoms with Crippen LogP contribution in [0.1, 0.15) is 43.5 Å². The zero-order valence-corrected chi connectivity index (χ0v) is 24.4. The van der Waals surface area contributed by atoms with Crippen LogP contribution in [0.5, 0.6) is 0 Å². The second kappa shape index (κ2) is 11.1. The molecule has 3 aliphatic rings. The summed E-state index contributed by atoms with van der Waals surface area (Å²) in [6.45, 7) is 10.0. The highest BCUT2D eigenvalue weighted by atomic mass is 35.5. The number of amides is 3. The number of nitrogens with one attached hydrogen (secondary N) is 1. The average Bonchev–Trinajstić information content (AvgIpc) is 3.35. The third-order valence-corrected chi connectivity index (χ3v) is 7.96. The number of hydrogen-bond donors (Lipinski definition) is 1. The molecule has 0 aliphatic carbocycles. The van der Waals surface area contributed by atoms with E-state index in [1.807, 2.05) is 30.6 Å². The second-order valence-corrected chi connectivity index (χ2v) is 12.0. The van der Waals surface area contributed by atoms with Gasteiger partial charge in [-0.15, -0.1) is 0 Å². The van der Waals surface area contributed by atoms with Crippen LogP contribution in [0.2, 0.25) is 5.02 Å². The van der Waals surface area contributed by atoms with Gasteiger partial charge in [0.1, 0.15) is 11.1 Å². The Bertz CT molecular complexity index is 1460. The highest BCUT2D eigenvalue weighted by Crippen LogP contribution is 2.37. The Morgan fingerprint density at radius 2 is 1.85 bits per heavy atom. The van der Waals surface area contributed by atoms with Crippen LogP contribution in [0.15, 0.2) is 24.5 Å². The second-order valence-electron chi connectivity index (χ2n) is 11.6. The standard InChI is InChI=1S/C29H35ClN6O5/c1-29(2,3)41-28(38)36-8-11-40-17-24(36)20-13-19(23-15-32-26-25(33-23)22(30)14-31-26)12-18-4-5-35(16-21(18)20)27(37)34-6-9-39-10-7-34/h12-15,24H,4-11,16-17H2,1-3H3,(H,31,32)/t24-/m0/s1. The van der Waals surface area contributed by atoms with E-state index in [4.69, 9.17) is 30.8 Å². The molecule has 1 aromatic carbocycles. The third-order valence-electron chi connectivity index (χ3n) is 7.67. The van der Waals surface area contributed by atoms with Gasteiger partial charge < -0.3 is 29.0 Å². The number of carbonyl (C=O) groups excluding carboxylic acids is 2. The lowest BCUT2D eigenvalue weighted by Crippen LogP contribution is -2.50. The molecule has 11 nitrogen and oxygen atoms in total. The number of benzene rings is 1. The van der Waals surface area contributed by atoms with Gasteiger partial charge in [0.25, 0.3) is 0 Å². The normalized spacial score (nSPS) is 19.8.